The summed E-state index contributed by atoms with van der Waals surface area (Å²) in [4.78, 5) is 40.5. The second-order valence-electron chi connectivity index (χ2n) is 7.52. The van der Waals surface area contributed by atoms with E-state index in [0.717, 1.165) is 24.0 Å². The van der Waals surface area contributed by atoms with Crippen LogP contribution in [0.4, 0.5) is 4.79 Å². The van der Waals surface area contributed by atoms with Crippen LogP contribution in [0.1, 0.15) is 36.8 Å². The molecule has 1 aliphatic carbocycles. The zero-order chi connectivity index (χ0) is 18.3. The number of carbonyl (C=O) groups excluding carboxylic acids is 3. The Balaban J connectivity index is 1.52. The van der Waals surface area contributed by atoms with Crippen LogP contribution < -0.4 is 11.1 Å². The molecule has 1 aromatic carbocycles. The molecular weight excluding hydrogens is 332 g/mol. The fourth-order valence-electron chi connectivity index (χ4n) is 4.50. The molecule has 2 fully saturated rings. The van der Waals surface area contributed by atoms with Crippen LogP contribution in [0.5, 0.6) is 0 Å². The number of amides is 4. The second kappa shape index (κ2) is 6.39. The van der Waals surface area contributed by atoms with Gasteiger partial charge in [-0.1, -0.05) is 24.3 Å². The van der Waals surface area contributed by atoms with E-state index in [2.05, 4.69) is 5.32 Å². The molecule has 2 saturated heterocycles. The number of imide groups is 1. The van der Waals surface area contributed by atoms with E-state index in [9.17, 15) is 14.4 Å². The first-order valence-corrected chi connectivity index (χ1v) is 9.25. The quantitative estimate of drug-likeness (QED) is 0.788. The Kier molecular flexibility index (Phi) is 4.19. The average Bonchev–Trinajstić information content (AvgIpc) is 2.87. The van der Waals surface area contributed by atoms with Crippen molar-refractivity contribution in [2.75, 3.05) is 19.8 Å². The Morgan fingerprint density at radius 1 is 1.23 bits per heavy atom. The third kappa shape index (κ3) is 2.67. The zero-order valence-electron chi connectivity index (χ0n) is 14.7. The summed E-state index contributed by atoms with van der Waals surface area (Å²) in [6.45, 7) is 1.59. The SMILES string of the molecule is NC(=O)C1CCN(CN2C(=O)N[C@@]3(CCCc4ccccc43)C2=O)CC1. The molecule has 1 atom stereocenters. The fourth-order valence-corrected chi connectivity index (χ4v) is 4.50. The molecule has 0 saturated carbocycles. The fraction of sp³-hybridized carbons (Fsp3) is 0.526. The highest BCUT2D eigenvalue weighted by atomic mass is 16.2. The number of piperidine rings is 1. The standard InChI is InChI=1S/C19H24N4O3/c20-16(24)14-7-10-22(11-8-14)12-23-17(25)19(21-18(23)26)9-3-5-13-4-1-2-6-15(13)19/h1-2,4,6,14H,3,5,7-12H2,(H2,20,24)(H,21,26)/t19-/m1/s1. The van der Waals surface area contributed by atoms with Gasteiger partial charge < -0.3 is 11.1 Å². The highest BCUT2D eigenvalue weighted by Crippen LogP contribution is 2.40. The molecule has 3 N–H and O–H groups in total. The lowest BCUT2D eigenvalue weighted by molar-refractivity contribution is -0.134. The largest absolute Gasteiger partial charge is 0.369 e. The lowest BCUT2D eigenvalue weighted by atomic mass is 9.76. The number of nitrogens with zero attached hydrogens (tertiary/aromatic N) is 2. The van der Waals surface area contributed by atoms with Gasteiger partial charge in [-0.15, -0.1) is 0 Å². The molecule has 7 heteroatoms. The van der Waals surface area contributed by atoms with Crippen LogP contribution in [0.15, 0.2) is 24.3 Å². The molecule has 1 aromatic rings. The minimum absolute atomic E-state index is 0.106. The molecule has 26 heavy (non-hydrogen) atoms. The van der Waals surface area contributed by atoms with Gasteiger partial charge in [0.25, 0.3) is 5.91 Å². The third-order valence-electron chi connectivity index (χ3n) is 5.98. The zero-order valence-corrected chi connectivity index (χ0v) is 14.7. The third-order valence-corrected chi connectivity index (χ3v) is 5.98. The summed E-state index contributed by atoms with van der Waals surface area (Å²) in [5.41, 5.74) is 6.52. The number of urea groups is 1. The van der Waals surface area contributed by atoms with Crippen molar-refractivity contribution in [1.82, 2.24) is 15.1 Å². The number of carbonyl (C=O) groups is 3. The molecule has 2 aliphatic heterocycles. The van der Waals surface area contributed by atoms with Crippen molar-refractivity contribution in [3.05, 3.63) is 35.4 Å². The summed E-state index contributed by atoms with van der Waals surface area (Å²) in [6, 6.07) is 7.55. The van der Waals surface area contributed by atoms with Crippen molar-refractivity contribution >= 4 is 17.8 Å². The van der Waals surface area contributed by atoms with Gasteiger partial charge in [-0.2, -0.15) is 0 Å². The summed E-state index contributed by atoms with van der Waals surface area (Å²) in [7, 11) is 0. The summed E-state index contributed by atoms with van der Waals surface area (Å²) >= 11 is 0. The molecule has 2 heterocycles. The number of likely N-dealkylation sites (tertiary alicyclic amines) is 1. The minimum atomic E-state index is -0.919. The normalized spacial score (nSPS) is 26.8. The van der Waals surface area contributed by atoms with E-state index in [-0.39, 0.29) is 30.4 Å². The molecule has 4 rings (SSSR count). The van der Waals surface area contributed by atoms with Crippen molar-refractivity contribution in [3.63, 3.8) is 0 Å². The van der Waals surface area contributed by atoms with Crippen LogP contribution in [0.2, 0.25) is 0 Å². The Morgan fingerprint density at radius 2 is 1.96 bits per heavy atom. The molecule has 0 aromatic heterocycles. The monoisotopic (exact) mass is 356 g/mol. The van der Waals surface area contributed by atoms with E-state index in [1.165, 1.54) is 4.90 Å². The molecule has 0 unspecified atom stereocenters. The van der Waals surface area contributed by atoms with Gasteiger partial charge in [0.05, 0.1) is 6.67 Å². The highest BCUT2D eigenvalue weighted by Gasteiger charge is 2.54. The molecule has 0 bridgehead atoms. The Bertz CT molecular complexity index is 757. The maximum absolute atomic E-state index is 13.2. The topological polar surface area (TPSA) is 95.7 Å². The van der Waals surface area contributed by atoms with E-state index in [0.29, 0.717) is 32.4 Å². The van der Waals surface area contributed by atoms with Gasteiger partial charge in [-0.25, -0.2) is 9.69 Å². The first kappa shape index (κ1) is 17.0. The van der Waals surface area contributed by atoms with Crippen molar-refractivity contribution in [2.45, 2.75) is 37.6 Å². The number of rotatable bonds is 3. The van der Waals surface area contributed by atoms with Gasteiger partial charge in [0.1, 0.15) is 5.54 Å². The van der Waals surface area contributed by atoms with Gasteiger partial charge in [0, 0.05) is 19.0 Å². The van der Waals surface area contributed by atoms with Gasteiger partial charge in [0.2, 0.25) is 5.91 Å². The van der Waals surface area contributed by atoms with E-state index < -0.39 is 5.54 Å². The molecule has 1 spiro atoms. The maximum atomic E-state index is 13.2. The van der Waals surface area contributed by atoms with Crippen LogP contribution in [-0.2, 0) is 21.5 Å². The number of primary amides is 1. The average molecular weight is 356 g/mol. The van der Waals surface area contributed by atoms with Crippen LogP contribution in [0, 0.1) is 5.92 Å². The Hall–Kier alpha value is -2.41. The first-order valence-electron chi connectivity index (χ1n) is 9.25. The molecule has 0 radical (unpaired) electrons. The number of nitrogens with one attached hydrogen (secondary N) is 1. The van der Waals surface area contributed by atoms with Gasteiger partial charge in [-0.3, -0.25) is 14.5 Å². The second-order valence-corrected chi connectivity index (χ2v) is 7.52. The number of hydrogen-bond acceptors (Lipinski definition) is 4. The summed E-state index contributed by atoms with van der Waals surface area (Å²) in [5, 5.41) is 2.98. The molecule has 3 aliphatic rings. The maximum Gasteiger partial charge on any atom is 0.326 e. The predicted molar refractivity (Wildman–Crippen MR) is 94.8 cm³/mol. The number of hydrogen-bond donors (Lipinski definition) is 2. The van der Waals surface area contributed by atoms with Gasteiger partial charge in [-0.05, 0) is 43.2 Å². The van der Waals surface area contributed by atoms with E-state index in [1.54, 1.807) is 0 Å². The molecule has 138 valence electrons. The minimum Gasteiger partial charge on any atom is -0.369 e. The lowest BCUT2D eigenvalue weighted by Crippen LogP contribution is -2.48. The van der Waals surface area contributed by atoms with Gasteiger partial charge in [0.15, 0.2) is 0 Å². The number of fused-ring (bicyclic) bond motifs is 2. The first-order chi connectivity index (χ1) is 12.5. The Morgan fingerprint density at radius 3 is 2.69 bits per heavy atom. The highest BCUT2D eigenvalue weighted by molar-refractivity contribution is 6.07. The van der Waals surface area contributed by atoms with Crippen LogP contribution >= 0.6 is 0 Å². The van der Waals surface area contributed by atoms with Crippen molar-refractivity contribution < 1.29 is 14.4 Å². The van der Waals surface area contributed by atoms with E-state index in [4.69, 9.17) is 5.73 Å². The van der Waals surface area contributed by atoms with Crippen LogP contribution in [0.25, 0.3) is 0 Å². The van der Waals surface area contributed by atoms with Crippen molar-refractivity contribution in [1.29, 1.82) is 0 Å². The van der Waals surface area contributed by atoms with Crippen molar-refractivity contribution in [2.24, 2.45) is 11.7 Å². The van der Waals surface area contributed by atoms with Crippen LogP contribution in [-0.4, -0.2) is 47.4 Å². The Labute approximate surface area is 152 Å². The molecular formula is C19H24N4O3. The molecule has 4 amide bonds. The summed E-state index contributed by atoms with van der Waals surface area (Å²) in [5.74, 6) is -0.532. The molecule has 7 nitrogen and oxygen atoms in total. The summed E-state index contributed by atoms with van der Waals surface area (Å²) in [6.07, 6.45) is 3.79. The number of nitrogens with two attached hydrogens (primary N) is 1. The summed E-state index contributed by atoms with van der Waals surface area (Å²) < 4.78 is 0. The smallest absolute Gasteiger partial charge is 0.326 e. The number of aryl methyl sites for hydroxylation is 1. The van der Waals surface area contributed by atoms with E-state index in [1.807, 2.05) is 29.2 Å². The van der Waals surface area contributed by atoms with Crippen LogP contribution in [0.3, 0.4) is 0 Å². The lowest BCUT2D eigenvalue weighted by Gasteiger charge is -2.35. The van der Waals surface area contributed by atoms with Gasteiger partial charge >= 0.3 is 6.03 Å². The number of benzene rings is 1. The predicted octanol–water partition coefficient (Wildman–Crippen LogP) is 0.925. The van der Waals surface area contributed by atoms with E-state index >= 15 is 0 Å². The van der Waals surface area contributed by atoms with Crippen molar-refractivity contribution in [3.8, 4) is 0 Å².